The zero-order valence-corrected chi connectivity index (χ0v) is 13.1. The van der Waals surface area contributed by atoms with Crippen LogP contribution in [0.25, 0.3) is 5.70 Å². The summed E-state index contributed by atoms with van der Waals surface area (Å²) in [6.07, 6.45) is 1.16. The third-order valence-corrected chi connectivity index (χ3v) is 4.70. The maximum atomic E-state index is 12.4. The molecule has 23 heavy (non-hydrogen) atoms. The number of benzene rings is 2. The Balaban J connectivity index is 1.97. The normalized spacial score (nSPS) is 16.2. The van der Waals surface area contributed by atoms with Crippen LogP contribution in [-0.4, -0.2) is 12.3 Å². The molecule has 1 heterocycles. The minimum absolute atomic E-state index is 0.123. The van der Waals surface area contributed by atoms with Crippen molar-refractivity contribution in [2.24, 2.45) is 0 Å². The lowest BCUT2D eigenvalue weighted by Gasteiger charge is -2.28. The summed E-state index contributed by atoms with van der Waals surface area (Å²) in [5.74, 6) is -0.123. The zero-order chi connectivity index (χ0) is 16.0. The number of halogens is 1. The summed E-state index contributed by atoms with van der Waals surface area (Å²) in [5.41, 5.74) is 5.06. The monoisotopic (exact) mass is 320 g/mol. The quantitative estimate of drug-likeness (QED) is 0.803. The minimum Gasteiger partial charge on any atom is -0.339 e. The lowest BCUT2D eigenvalue weighted by atomic mass is 9.88. The molecule has 0 aromatic heterocycles. The number of ketones is 1. The molecule has 0 saturated carbocycles. The molecule has 0 saturated heterocycles. The van der Waals surface area contributed by atoms with Crippen LogP contribution in [0.5, 0.6) is 0 Å². The third-order valence-electron chi connectivity index (χ3n) is 4.46. The highest BCUT2D eigenvalue weighted by Crippen LogP contribution is 2.40. The largest absolute Gasteiger partial charge is 0.339 e. The molecule has 1 aliphatic heterocycles. The van der Waals surface area contributed by atoms with Crippen LogP contribution >= 0.6 is 11.6 Å². The predicted octanol–water partition coefficient (Wildman–Crippen LogP) is 3.76. The number of fused-ring (bicyclic) bond motifs is 2. The van der Waals surface area contributed by atoms with Crippen molar-refractivity contribution >= 4 is 28.8 Å². The Labute approximate surface area is 139 Å². The van der Waals surface area contributed by atoms with Crippen molar-refractivity contribution in [3.05, 3.63) is 69.8 Å². The standard InChI is InChI=1S/C19H13ClN2O/c20-14-6-5-13-9-18(23)16(11-21)19(15(13)10-14)22-8-7-12-3-1-2-4-17(12)22/h1-6,10H,7-9H2. The number of hydrogen-bond donors (Lipinski definition) is 0. The highest BCUT2D eigenvalue weighted by molar-refractivity contribution is 6.31. The molecular formula is C19H13ClN2O. The predicted molar refractivity (Wildman–Crippen MR) is 90.2 cm³/mol. The van der Waals surface area contributed by atoms with Gasteiger partial charge in [0.25, 0.3) is 0 Å². The van der Waals surface area contributed by atoms with Crippen molar-refractivity contribution in [2.45, 2.75) is 12.8 Å². The SMILES string of the molecule is N#CC1=C(N2CCc3ccccc32)c2cc(Cl)ccc2CC1=O. The van der Waals surface area contributed by atoms with Crippen LogP contribution in [0, 0.1) is 11.3 Å². The van der Waals surface area contributed by atoms with Crippen molar-refractivity contribution in [3.8, 4) is 6.07 Å². The van der Waals surface area contributed by atoms with Crippen molar-refractivity contribution in [1.82, 2.24) is 0 Å². The van der Waals surface area contributed by atoms with E-state index in [1.165, 1.54) is 5.56 Å². The Morgan fingerprint density at radius 1 is 1.13 bits per heavy atom. The molecule has 112 valence electrons. The molecule has 0 fully saturated rings. The van der Waals surface area contributed by atoms with E-state index < -0.39 is 0 Å². The molecule has 0 amide bonds. The van der Waals surface area contributed by atoms with Gasteiger partial charge in [0, 0.05) is 29.2 Å². The molecular weight excluding hydrogens is 308 g/mol. The summed E-state index contributed by atoms with van der Waals surface area (Å²) in [6.45, 7) is 0.763. The molecule has 1 aliphatic carbocycles. The van der Waals surface area contributed by atoms with Gasteiger partial charge in [-0.25, -0.2) is 0 Å². The van der Waals surface area contributed by atoms with Gasteiger partial charge in [0.2, 0.25) is 0 Å². The molecule has 0 N–H and O–H groups in total. The summed E-state index contributed by atoms with van der Waals surface area (Å²) < 4.78 is 0. The average Bonchev–Trinajstić information content (AvgIpc) is 2.98. The second-order valence-electron chi connectivity index (χ2n) is 5.77. The Kier molecular flexibility index (Phi) is 3.21. The van der Waals surface area contributed by atoms with E-state index in [0.29, 0.717) is 10.7 Å². The maximum Gasteiger partial charge on any atom is 0.179 e. The number of nitriles is 1. The van der Waals surface area contributed by atoms with Gasteiger partial charge in [-0.15, -0.1) is 0 Å². The van der Waals surface area contributed by atoms with Crippen LogP contribution in [0.2, 0.25) is 5.02 Å². The van der Waals surface area contributed by atoms with E-state index in [1.54, 1.807) is 6.07 Å². The van der Waals surface area contributed by atoms with Gasteiger partial charge in [0.05, 0.1) is 5.70 Å². The third kappa shape index (κ3) is 2.15. The summed E-state index contributed by atoms with van der Waals surface area (Å²) in [5, 5.41) is 10.2. The van der Waals surface area contributed by atoms with Gasteiger partial charge in [-0.05, 0) is 35.7 Å². The molecule has 4 heteroatoms. The Morgan fingerprint density at radius 3 is 2.78 bits per heavy atom. The molecule has 3 nitrogen and oxygen atoms in total. The molecule has 0 radical (unpaired) electrons. The van der Waals surface area contributed by atoms with E-state index in [4.69, 9.17) is 11.6 Å². The first-order valence-corrected chi connectivity index (χ1v) is 7.88. The molecule has 0 atom stereocenters. The van der Waals surface area contributed by atoms with E-state index in [0.717, 1.165) is 29.8 Å². The first-order valence-electron chi connectivity index (χ1n) is 7.51. The van der Waals surface area contributed by atoms with E-state index >= 15 is 0 Å². The van der Waals surface area contributed by atoms with Gasteiger partial charge in [0.15, 0.2) is 5.78 Å². The van der Waals surface area contributed by atoms with E-state index in [2.05, 4.69) is 17.0 Å². The van der Waals surface area contributed by atoms with Crippen LogP contribution in [-0.2, 0) is 17.6 Å². The van der Waals surface area contributed by atoms with Gasteiger partial charge in [-0.3, -0.25) is 4.79 Å². The van der Waals surface area contributed by atoms with Crippen molar-refractivity contribution in [3.63, 3.8) is 0 Å². The molecule has 2 aromatic carbocycles. The number of nitrogens with zero attached hydrogens (tertiary/aromatic N) is 2. The number of hydrogen-bond acceptors (Lipinski definition) is 3. The van der Waals surface area contributed by atoms with Gasteiger partial charge in [-0.1, -0.05) is 35.9 Å². The highest BCUT2D eigenvalue weighted by atomic mass is 35.5. The fourth-order valence-corrected chi connectivity index (χ4v) is 3.59. The Bertz CT molecular complexity index is 908. The average molecular weight is 321 g/mol. The minimum atomic E-state index is -0.123. The number of anilines is 1. The molecule has 0 unspecified atom stereocenters. The van der Waals surface area contributed by atoms with Crippen LogP contribution in [0.4, 0.5) is 5.69 Å². The molecule has 0 bridgehead atoms. The molecule has 4 rings (SSSR count). The number of Topliss-reactive ketones (excluding diaryl/α,β-unsaturated/α-hetero) is 1. The number of carbonyl (C=O) groups excluding carboxylic acids is 1. The van der Waals surface area contributed by atoms with Crippen molar-refractivity contribution in [1.29, 1.82) is 5.26 Å². The van der Waals surface area contributed by atoms with E-state index in [-0.39, 0.29) is 17.8 Å². The van der Waals surface area contributed by atoms with Crippen LogP contribution in [0.3, 0.4) is 0 Å². The lowest BCUT2D eigenvalue weighted by Crippen LogP contribution is -2.27. The van der Waals surface area contributed by atoms with Crippen LogP contribution in [0.1, 0.15) is 16.7 Å². The second-order valence-corrected chi connectivity index (χ2v) is 6.20. The zero-order valence-electron chi connectivity index (χ0n) is 12.3. The fraction of sp³-hybridized carbons (Fsp3) is 0.158. The number of para-hydroxylation sites is 1. The number of allylic oxidation sites excluding steroid dienone is 1. The van der Waals surface area contributed by atoms with Crippen molar-refractivity contribution in [2.75, 3.05) is 11.4 Å². The summed E-state index contributed by atoms with van der Waals surface area (Å²) >= 11 is 6.17. The van der Waals surface area contributed by atoms with Gasteiger partial charge >= 0.3 is 0 Å². The van der Waals surface area contributed by atoms with E-state index in [9.17, 15) is 10.1 Å². The molecule has 0 spiro atoms. The van der Waals surface area contributed by atoms with E-state index in [1.807, 2.05) is 30.3 Å². The highest BCUT2D eigenvalue weighted by Gasteiger charge is 2.32. The smallest absolute Gasteiger partial charge is 0.179 e. The second kappa shape index (κ2) is 5.26. The maximum absolute atomic E-state index is 12.4. The fourth-order valence-electron chi connectivity index (χ4n) is 3.42. The Morgan fingerprint density at radius 2 is 1.96 bits per heavy atom. The van der Waals surface area contributed by atoms with Crippen molar-refractivity contribution < 1.29 is 4.79 Å². The van der Waals surface area contributed by atoms with Crippen LogP contribution < -0.4 is 4.90 Å². The summed E-state index contributed by atoms with van der Waals surface area (Å²) in [7, 11) is 0. The Hall–Kier alpha value is -2.57. The van der Waals surface area contributed by atoms with Gasteiger partial charge in [0.1, 0.15) is 11.6 Å². The van der Waals surface area contributed by atoms with Crippen LogP contribution in [0.15, 0.2) is 48.0 Å². The lowest BCUT2D eigenvalue weighted by molar-refractivity contribution is -0.114. The van der Waals surface area contributed by atoms with Gasteiger partial charge < -0.3 is 4.90 Å². The summed E-state index contributed by atoms with van der Waals surface area (Å²) in [4.78, 5) is 14.5. The number of rotatable bonds is 1. The first kappa shape index (κ1) is 14.0. The summed E-state index contributed by atoms with van der Waals surface area (Å²) in [6, 6.07) is 15.8. The topological polar surface area (TPSA) is 44.1 Å². The first-order chi connectivity index (χ1) is 11.2. The molecule has 2 aromatic rings. The molecule has 2 aliphatic rings. The van der Waals surface area contributed by atoms with Gasteiger partial charge in [-0.2, -0.15) is 5.26 Å². The number of carbonyl (C=O) groups is 1.